The van der Waals surface area contributed by atoms with Crippen LogP contribution in [0.5, 0.6) is 0 Å². The van der Waals surface area contributed by atoms with Gasteiger partial charge in [0.1, 0.15) is 0 Å². The van der Waals surface area contributed by atoms with Crippen molar-refractivity contribution in [3.8, 4) is 0 Å². The van der Waals surface area contributed by atoms with Crippen LogP contribution in [0.25, 0.3) is 0 Å². The Bertz CT molecular complexity index is 652. The molecule has 3 nitrogen and oxygen atoms in total. The van der Waals surface area contributed by atoms with Crippen LogP contribution < -0.4 is 0 Å². The van der Waals surface area contributed by atoms with Crippen LogP contribution in [0.15, 0.2) is 36.9 Å². The van der Waals surface area contributed by atoms with Crippen LogP contribution in [-0.2, 0) is 4.74 Å². The van der Waals surface area contributed by atoms with Gasteiger partial charge < -0.3 is 4.74 Å². The van der Waals surface area contributed by atoms with E-state index in [9.17, 15) is 4.79 Å². The summed E-state index contributed by atoms with van der Waals surface area (Å²) in [5.41, 5.74) is 2.78. The predicted octanol–water partition coefficient (Wildman–Crippen LogP) is 5.59. The van der Waals surface area contributed by atoms with Crippen molar-refractivity contribution in [3.05, 3.63) is 48.0 Å². The van der Waals surface area contributed by atoms with E-state index in [1.54, 1.807) is 0 Å². The summed E-state index contributed by atoms with van der Waals surface area (Å²) in [6.07, 6.45) is 3.70. The zero-order valence-electron chi connectivity index (χ0n) is 16.0. The Labute approximate surface area is 153 Å². The second-order valence-corrected chi connectivity index (χ2v) is 14.2. The van der Waals surface area contributed by atoms with Crippen LogP contribution in [0.2, 0.25) is 25.7 Å². The summed E-state index contributed by atoms with van der Waals surface area (Å²) in [7, 11) is -1.18. The van der Waals surface area contributed by atoms with E-state index >= 15 is 0 Å². The predicted molar refractivity (Wildman–Crippen MR) is 106 cm³/mol. The summed E-state index contributed by atoms with van der Waals surface area (Å²) in [5.74, 6) is 1.05. The van der Waals surface area contributed by atoms with Crippen molar-refractivity contribution in [3.63, 3.8) is 0 Å². The van der Waals surface area contributed by atoms with Crippen molar-refractivity contribution in [2.45, 2.75) is 63.5 Å². The van der Waals surface area contributed by atoms with Crippen LogP contribution in [0.1, 0.15) is 42.9 Å². The lowest BCUT2D eigenvalue weighted by Gasteiger charge is -2.55. The normalized spacial score (nSPS) is 27.8. The summed E-state index contributed by atoms with van der Waals surface area (Å²) < 4.78 is 5.42. The molecule has 4 rings (SSSR count). The van der Waals surface area contributed by atoms with Crippen molar-refractivity contribution in [1.29, 1.82) is 0 Å². The van der Waals surface area contributed by atoms with E-state index in [1.807, 2.05) is 17.9 Å². The van der Waals surface area contributed by atoms with Gasteiger partial charge in [-0.2, -0.15) is 0 Å². The van der Waals surface area contributed by atoms with E-state index in [0.29, 0.717) is 18.4 Å². The van der Waals surface area contributed by atoms with Gasteiger partial charge in [0.15, 0.2) is 0 Å². The molecule has 2 aliphatic heterocycles. The maximum atomic E-state index is 12.8. The summed E-state index contributed by atoms with van der Waals surface area (Å²) >= 11 is 0. The SMILES string of the molecule is C=CCC1C2c3ccccc3C(CC2C[Si](C)(C)C)N1C(=O)OCC. The molecule has 0 aromatic heterocycles. The minimum atomic E-state index is -1.18. The fraction of sp³-hybridized carbons (Fsp3) is 0.571. The van der Waals surface area contributed by atoms with Gasteiger partial charge in [-0.05, 0) is 36.8 Å². The van der Waals surface area contributed by atoms with Gasteiger partial charge in [-0.3, -0.25) is 4.90 Å². The molecule has 1 aliphatic carbocycles. The van der Waals surface area contributed by atoms with E-state index in [0.717, 1.165) is 12.8 Å². The zero-order valence-corrected chi connectivity index (χ0v) is 17.0. The number of benzene rings is 1. The monoisotopic (exact) mass is 357 g/mol. The fourth-order valence-corrected chi connectivity index (χ4v) is 7.00. The molecule has 0 N–H and O–H groups in total. The first-order valence-corrected chi connectivity index (χ1v) is 13.2. The van der Waals surface area contributed by atoms with Crippen molar-refractivity contribution in [1.82, 2.24) is 4.90 Å². The Morgan fingerprint density at radius 2 is 2.00 bits per heavy atom. The van der Waals surface area contributed by atoms with Gasteiger partial charge in [-0.25, -0.2) is 4.79 Å². The highest BCUT2D eigenvalue weighted by molar-refractivity contribution is 6.76. The Hall–Kier alpha value is -1.55. The highest BCUT2D eigenvalue weighted by Gasteiger charge is 2.52. The molecule has 0 radical (unpaired) electrons. The summed E-state index contributed by atoms with van der Waals surface area (Å²) in [6.45, 7) is 13.6. The van der Waals surface area contributed by atoms with Gasteiger partial charge in [0, 0.05) is 20.0 Å². The molecule has 4 heteroatoms. The van der Waals surface area contributed by atoms with E-state index in [4.69, 9.17) is 4.74 Å². The minimum absolute atomic E-state index is 0.145. The number of hydrogen-bond donors (Lipinski definition) is 0. The molecule has 136 valence electrons. The molecule has 25 heavy (non-hydrogen) atoms. The second-order valence-electron chi connectivity index (χ2n) is 8.63. The fourth-order valence-electron chi connectivity index (χ4n) is 5.01. The molecule has 1 fully saturated rings. The van der Waals surface area contributed by atoms with Gasteiger partial charge in [-0.1, -0.05) is 56.0 Å². The van der Waals surface area contributed by atoms with Crippen molar-refractivity contribution in [2.24, 2.45) is 5.92 Å². The lowest BCUT2D eigenvalue weighted by Crippen LogP contribution is -2.56. The molecule has 4 unspecified atom stereocenters. The number of fused-ring (bicyclic) bond motifs is 2. The molecule has 1 aromatic carbocycles. The van der Waals surface area contributed by atoms with Gasteiger partial charge in [0.25, 0.3) is 0 Å². The van der Waals surface area contributed by atoms with E-state index in [-0.39, 0.29) is 18.2 Å². The number of ether oxygens (including phenoxy) is 1. The molecule has 1 amide bonds. The number of carbonyl (C=O) groups is 1. The van der Waals surface area contributed by atoms with Crippen LogP contribution in [0.4, 0.5) is 4.79 Å². The molecule has 0 spiro atoms. The molecule has 2 heterocycles. The summed E-state index contributed by atoms with van der Waals surface area (Å²) in [5, 5.41) is 0. The first-order chi connectivity index (χ1) is 11.9. The van der Waals surface area contributed by atoms with Crippen LogP contribution in [0.3, 0.4) is 0 Å². The summed E-state index contributed by atoms with van der Waals surface area (Å²) in [4.78, 5) is 14.8. The highest BCUT2D eigenvalue weighted by atomic mass is 28.3. The topological polar surface area (TPSA) is 29.5 Å². The number of amides is 1. The Kier molecular flexibility index (Phi) is 5.10. The van der Waals surface area contributed by atoms with E-state index in [2.05, 4.69) is 50.5 Å². The van der Waals surface area contributed by atoms with Crippen molar-refractivity contribution >= 4 is 14.2 Å². The third-order valence-electron chi connectivity index (χ3n) is 5.62. The largest absolute Gasteiger partial charge is 0.450 e. The van der Waals surface area contributed by atoms with Gasteiger partial charge in [0.2, 0.25) is 0 Å². The number of piperidine rings is 1. The third kappa shape index (κ3) is 3.41. The molecule has 1 saturated heterocycles. The Morgan fingerprint density at radius 1 is 1.32 bits per heavy atom. The standard InChI is InChI=1S/C21H31NO2Si/c1-6-10-18-20-15(14-25(3,4)5)13-19(22(18)21(23)24-7-2)16-11-8-9-12-17(16)20/h6,8-9,11-12,15,18-20H,1,7,10,13-14H2,2-5H3. The van der Waals surface area contributed by atoms with Crippen LogP contribution >= 0.6 is 0 Å². The molecular formula is C21H31NO2Si. The molecule has 2 bridgehead atoms. The average molecular weight is 358 g/mol. The number of rotatable bonds is 5. The Balaban J connectivity index is 2.05. The zero-order chi connectivity index (χ0) is 18.2. The smallest absolute Gasteiger partial charge is 0.410 e. The number of hydrogen-bond acceptors (Lipinski definition) is 2. The maximum absolute atomic E-state index is 12.8. The molecule has 1 aromatic rings. The molecule has 0 saturated carbocycles. The van der Waals surface area contributed by atoms with E-state index < -0.39 is 8.07 Å². The minimum Gasteiger partial charge on any atom is -0.450 e. The highest BCUT2D eigenvalue weighted by Crippen LogP contribution is 2.56. The quantitative estimate of drug-likeness (QED) is 0.508. The lowest BCUT2D eigenvalue weighted by atomic mass is 9.64. The van der Waals surface area contributed by atoms with E-state index in [1.165, 1.54) is 17.2 Å². The molecule has 4 atom stereocenters. The maximum Gasteiger partial charge on any atom is 0.410 e. The van der Waals surface area contributed by atoms with Crippen LogP contribution in [-0.4, -0.2) is 31.7 Å². The van der Waals surface area contributed by atoms with Crippen LogP contribution in [0, 0.1) is 5.92 Å². The van der Waals surface area contributed by atoms with Crippen molar-refractivity contribution in [2.75, 3.05) is 6.61 Å². The second kappa shape index (κ2) is 6.98. The average Bonchev–Trinajstić information content (AvgIpc) is 2.54. The third-order valence-corrected chi connectivity index (χ3v) is 7.37. The first-order valence-electron chi connectivity index (χ1n) is 9.52. The number of carbonyl (C=O) groups excluding carboxylic acids is 1. The van der Waals surface area contributed by atoms with Gasteiger partial charge in [-0.15, -0.1) is 6.58 Å². The lowest BCUT2D eigenvalue weighted by molar-refractivity contribution is 0.0104. The van der Waals surface area contributed by atoms with Gasteiger partial charge in [0.05, 0.1) is 12.6 Å². The van der Waals surface area contributed by atoms with Crippen molar-refractivity contribution < 1.29 is 9.53 Å². The summed E-state index contributed by atoms with van der Waals surface area (Å²) in [6, 6.07) is 10.4. The molecular weight excluding hydrogens is 326 g/mol. The first kappa shape index (κ1) is 18.2. The Morgan fingerprint density at radius 3 is 2.60 bits per heavy atom. The van der Waals surface area contributed by atoms with Gasteiger partial charge >= 0.3 is 6.09 Å². The molecule has 3 aliphatic rings. The number of nitrogens with zero attached hydrogens (tertiary/aromatic N) is 1.